The molecule has 15 heavy (non-hydrogen) atoms. The fraction of sp³-hybridized carbons (Fsp3) is 0.800. The van der Waals surface area contributed by atoms with Gasteiger partial charge in [-0.15, -0.1) is 11.6 Å². The summed E-state index contributed by atoms with van der Waals surface area (Å²) in [6, 6.07) is 0. The van der Waals surface area contributed by atoms with Crippen molar-refractivity contribution in [2.24, 2.45) is 5.92 Å². The Labute approximate surface area is 95.5 Å². The van der Waals surface area contributed by atoms with Gasteiger partial charge in [-0.3, -0.25) is 4.79 Å². The first-order valence-electron chi connectivity index (χ1n) is 5.07. The van der Waals surface area contributed by atoms with Gasteiger partial charge in [0.2, 0.25) is 0 Å². The lowest BCUT2D eigenvalue weighted by molar-refractivity contribution is -0.120. The summed E-state index contributed by atoms with van der Waals surface area (Å²) >= 11 is 5.43. The summed E-state index contributed by atoms with van der Waals surface area (Å²) in [7, 11) is 0. The number of Topliss-reactive ketones (excluding diaryl/α,β-unsaturated/α-hetero) is 1. The van der Waals surface area contributed by atoms with E-state index in [4.69, 9.17) is 16.3 Å². The summed E-state index contributed by atoms with van der Waals surface area (Å²) in [4.78, 5) is 24.1. The average molecular weight is 236 g/mol. The quantitative estimate of drug-likeness (QED) is 0.661. The molecule has 0 spiro atoms. The zero-order valence-corrected chi connectivity index (χ0v) is 10.2. The van der Waals surface area contributed by atoms with E-state index in [1.54, 1.807) is 13.8 Å². The first-order chi connectivity index (χ1) is 7.06. The van der Waals surface area contributed by atoms with Crippen LogP contribution in [0.3, 0.4) is 0 Å². The molecule has 0 radical (unpaired) electrons. The van der Waals surface area contributed by atoms with Crippen LogP contribution in [-0.4, -0.2) is 42.4 Å². The van der Waals surface area contributed by atoms with E-state index in [0.717, 1.165) is 0 Å². The highest BCUT2D eigenvalue weighted by Gasteiger charge is 2.19. The molecule has 0 rings (SSSR count). The lowest BCUT2D eigenvalue weighted by atomic mass is 10.1. The van der Waals surface area contributed by atoms with Crippen molar-refractivity contribution in [3.63, 3.8) is 0 Å². The summed E-state index contributed by atoms with van der Waals surface area (Å²) in [6.07, 6.45) is -0.380. The second kappa shape index (κ2) is 7.51. The Kier molecular flexibility index (Phi) is 7.13. The molecule has 4 nitrogen and oxygen atoms in total. The van der Waals surface area contributed by atoms with Crippen LogP contribution in [0.2, 0.25) is 0 Å². The lowest BCUT2D eigenvalue weighted by Gasteiger charge is -2.22. The summed E-state index contributed by atoms with van der Waals surface area (Å²) in [5.74, 6) is -0.312. The zero-order chi connectivity index (χ0) is 11.8. The van der Waals surface area contributed by atoms with Crippen LogP contribution in [-0.2, 0) is 9.53 Å². The third-order valence-corrected chi connectivity index (χ3v) is 2.35. The molecule has 0 fully saturated rings. The molecule has 0 aromatic rings. The molecule has 1 unspecified atom stereocenters. The van der Waals surface area contributed by atoms with Gasteiger partial charge in [-0.2, -0.15) is 0 Å². The Hall–Kier alpha value is -0.770. The van der Waals surface area contributed by atoms with Gasteiger partial charge >= 0.3 is 6.09 Å². The van der Waals surface area contributed by atoms with E-state index >= 15 is 0 Å². The maximum absolute atomic E-state index is 11.4. The maximum Gasteiger partial charge on any atom is 0.409 e. The average Bonchev–Trinajstić information content (AvgIpc) is 2.24. The van der Waals surface area contributed by atoms with Gasteiger partial charge in [0.15, 0.2) is 5.78 Å². The predicted octanol–water partition coefficient (Wildman–Crippen LogP) is 1.91. The van der Waals surface area contributed by atoms with Gasteiger partial charge in [-0.1, -0.05) is 6.92 Å². The highest BCUT2D eigenvalue weighted by atomic mass is 35.5. The van der Waals surface area contributed by atoms with E-state index in [2.05, 4.69) is 0 Å². The number of ketones is 1. The molecular formula is C10H18ClNO3. The molecule has 1 atom stereocenters. The zero-order valence-electron chi connectivity index (χ0n) is 9.46. The largest absolute Gasteiger partial charge is 0.450 e. The molecular weight excluding hydrogens is 218 g/mol. The van der Waals surface area contributed by atoms with E-state index < -0.39 is 0 Å². The molecule has 0 bridgehead atoms. The van der Waals surface area contributed by atoms with Crippen molar-refractivity contribution in [3.05, 3.63) is 0 Å². The van der Waals surface area contributed by atoms with Crippen LogP contribution in [0.25, 0.3) is 0 Å². The number of hydrogen-bond donors (Lipinski definition) is 0. The second-order valence-corrected chi connectivity index (χ2v) is 3.51. The minimum absolute atomic E-state index is 0.0124. The highest BCUT2D eigenvalue weighted by molar-refractivity contribution is 6.27. The number of rotatable bonds is 6. The smallest absolute Gasteiger partial charge is 0.409 e. The lowest BCUT2D eigenvalue weighted by Crippen LogP contribution is -2.37. The molecule has 0 aliphatic carbocycles. The van der Waals surface area contributed by atoms with Crippen molar-refractivity contribution in [2.45, 2.75) is 20.8 Å². The number of carbonyl (C=O) groups is 2. The fourth-order valence-electron chi connectivity index (χ4n) is 1.11. The maximum atomic E-state index is 11.4. The Morgan fingerprint density at radius 3 is 2.40 bits per heavy atom. The molecule has 0 aromatic heterocycles. The fourth-order valence-corrected chi connectivity index (χ4v) is 1.38. The second-order valence-electron chi connectivity index (χ2n) is 3.24. The summed E-state index contributed by atoms with van der Waals surface area (Å²) in [6.45, 7) is 6.58. The Balaban J connectivity index is 4.20. The van der Waals surface area contributed by atoms with Crippen LogP contribution < -0.4 is 0 Å². The third kappa shape index (κ3) is 5.02. The molecule has 0 aromatic carbocycles. The van der Waals surface area contributed by atoms with Crippen molar-refractivity contribution in [2.75, 3.05) is 25.6 Å². The monoisotopic (exact) mass is 235 g/mol. The number of amides is 1. The summed E-state index contributed by atoms with van der Waals surface area (Å²) in [5, 5.41) is 0. The van der Waals surface area contributed by atoms with Gasteiger partial charge < -0.3 is 9.64 Å². The van der Waals surface area contributed by atoms with Gasteiger partial charge in [0.1, 0.15) is 0 Å². The minimum atomic E-state index is -0.380. The third-order valence-electron chi connectivity index (χ3n) is 2.08. The van der Waals surface area contributed by atoms with Crippen LogP contribution in [0, 0.1) is 5.92 Å². The van der Waals surface area contributed by atoms with Gasteiger partial charge in [0.25, 0.3) is 0 Å². The van der Waals surface area contributed by atoms with Gasteiger partial charge in [-0.05, 0) is 13.8 Å². The van der Waals surface area contributed by atoms with Crippen LogP contribution in [0.1, 0.15) is 20.8 Å². The summed E-state index contributed by atoms with van der Waals surface area (Å²) < 4.78 is 4.85. The van der Waals surface area contributed by atoms with E-state index in [1.165, 1.54) is 4.90 Å². The van der Waals surface area contributed by atoms with Gasteiger partial charge in [-0.25, -0.2) is 4.79 Å². The number of carbonyl (C=O) groups excluding carboxylic acids is 2. The molecule has 88 valence electrons. The van der Waals surface area contributed by atoms with E-state index in [9.17, 15) is 9.59 Å². The van der Waals surface area contributed by atoms with Crippen LogP contribution in [0.5, 0.6) is 0 Å². The first-order valence-corrected chi connectivity index (χ1v) is 5.60. The van der Waals surface area contributed by atoms with E-state index in [1.807, 2.05) is 6.92 Å². The van der Waals surface area contributed by atoms with Crippen LogP contribution >= 0.6 is 11.6 Å². The van der Waals surface area contributed by atoms with Crippen LogP contribution in [0.4, 0.5) is 4.79 Å². The van der Waals surface area contributed by atoms with Crippen molar-refractivity contribution in [1.29, 1.82) is 0 Å². The molecule has 5 heteroatoms. The number of ether oxygens (including phenoxy) is 1. The molecule has 0 heterocycles. The molecule has 0 aliphatic heterocycles. The number of alkyl halides is 1. The SMILES string of the molecule is CCOC(=O)N(CC)CC(C)C(=O)CCl. The predicted molar refractivity (Wildman–Crippen MR) is 59.2 cm³/mol. The minimum Gasteiger partial charge on any atom is -0.450 e. The number of halogens is 1. The van der Waals surface area contributed by atoms with Crippen LogP contribution in [0.15, 0.2) is 0 Å². The van der Waals surface area contributed by atoms with E-state index in [-0.39, 0.29) is 23.7 Å². The highest BCUT2D eigenvalue weighted by Crippen LogP contribution is 2.04. The van der Waals surface area contributed by atoms with Gasteiger partial charge in [0.05, 0.1) is 12.5 Å². The molecule has 0 aliphatic rings. The van der Waals surface area contributed by atoms with Crippen molar-refractivity contribution in [3.8, 4) is 0 Å². The van der Waals surface area contributed by atoms with Gasteiger partial charge in [0, 0.05) is 19.0 Å². The van der Waals surface area contributed by atoms with Crippen molar-refractivity contribution < 1.29 is 14.3 Å². The number of nitrogens with zero attached hydrogens (tertiary/aromatic N) is 1. The first kappa shape index (κ1) is 14.2. The summed E-state index contributed by atoms with van der Waals surface area (Å²) in [5.41, 5.74) is 0. The standard InChI is InChI=1S/C10H18ClNO3/c1-4-12(10(14)15-5-2)7-8(3)9(13)6-11/h8H,4-7H2,1-3H3. The Morgan fingerprint density at radius 2 is 2.00 bits per heavy atom. The van der Waals surface area contributed by atoms with Crippen molar-refractivity contribution >= 4 is 23.5 Å². The topological polar surface area (TPSA) is 46.6 Å². The normalized spacial score (nSPS) is 12.0. The molecule has 1 amide bonds. The van der Waals surface area contributed by atoms with Crippen molar-refractivity contribution in [1.82, 2.24) is 4.90 Å². The van der Waals surface area contributed by atoms with E-state index in [0.29, 0.717) is 19.7 Å². The Bertz CT molecular complexity index is 221. The molecule has 0 saturated carbocycles. The Morgan fingerprint density at radius 1 is 1.40 bits per heavy atom. The molecule has 0 saturated heterocycles. The molecule has 0 N–H and O–H groups in total. The number of hydrogen-bond acceptors (Lipinski definition) is 3.